The van der Waals surface area contributed by atoms with E-state index in [1.807, 2.05) is 0 Å². The molecule has 0 aliphatic rings. The van der Waals surface area contributed by atoms with E-state index in [2.05, 4.69) is 15.2 Å². The predicted octanol–water partition coefficient (Wildman–Crippen LogP) is 1.31. The van der Waals surface area contributed by atoms with E-state index in [9.17, 15) is 20.2 Å². The number of aryl methyl sites for hydroxylation is 2. The first-order valence-corrected chi connectivity index (χ1v) is 5.50. The molecule has 10 nitrogen and oxygen atoms in total. The van der Waals surface area contributed by atoms with Crippen molar-refractivity contribution in [3.63, 3.8) is 0 Å². The Labute approximate surface area is 111 Å². The summed E-state index contributed by atoms with van der Waals surface area (Å²) in [6, 6.07) is 6.11. The second-order valence-corrected chi connectivity index (χ2v) is 3.81. The van der Waals surface area contributed by atoms with E-state index < -0.39 is 9.96 Å². The van der Waals surface area contributed by atoms with E-state index in [-0.39, 0.29) is 11.6 Å². The van der Waals surface area contributed by atoms with Crippen molar-refractivity contribution in [3.05, 3.63) is 61.7 Å². The molecule has 0 aliphatic heterocycles. The van der Waals surface area contributed by atoms with Gasteiger partial charge in [0.25, 0.3) is 5.69 Å². The first kappa shape index (κ1) is 13.4. The lowest BCUT2D eigenvalue weighted by Crippen LogP contribution is -2.35. The third-order valence-corrected chi connectivity index (χ3v) is 2.46. The van der Waals surface area contributed by atoms with Crippen LogP contribution in [0.2, 0.25) is 0 Å². The number of non-ortho nitro benzene ring substituents is 1. The van der Waals surface area contributed by atoms with Crippen LogP contribution in [0.1, 0.15) is 5.56 Å². The monoisotopic (exact) mass is 279 g/mol. The van der Waals surface area contributed by atoms with Crippen molar-refractivity contribution >= 4 is 11.6 Å². The largest absolute Gasteiger partial charge is 0.320 e. The molecule has 0 spiro atoms. The topological polar surface area (TPSA) is 130 Å². The zero-order valence-electron chi connectivity index (χ0n) is 10.1. The summed E-state index contributed by atoms with van der Waals surface area (Å²) >= 11 is 0. The van der Waals surface area contributed by atoms with Crippen molar-refractivity contribution < 1.29 is 19.2 Å². The Morgan fingerprint density at radius 3 is 2.55 bits per heavy atom. The van der Waals surface area contributed by atoms with Gasteiger partial charge in [0.2, 0.25) is 6.20 Å². The summed E-state index contributed by atoms with van der Waals surface area (Å²) in [6.07, 6.45) is 1.85. The Morgan fingerprint density at radius 1 is 1.25 bits per heavy atom. The summed E-state index contributed by atoms with van der Waals surface area (Å²) in [4.78, 5) is 20.2. The van der Waals surface area contributed by atoms with Crippen molar-refractivity contribution in [2.45, 2.75) is 13.0 Å². The highest BCUT2D eigenvalue weighted by molar-refractivity contribution is 5.32. The van der Waals surface area contributed by atoms with E-state index in [0.29, 0.717) is 13.0 Å². The van der Waals surface area contributed by atoms with E-state index in [1.54, 1.807) is 12.1 Å². The number of benzene rings is 1. The normalized spacial score (nSPS) is 10.2. The van der Waals surface area contributed by atoms with Crippen LogP contribution in [0.5, 0.6) is 0 Å². The Kier molecular flexibility index (Phi) is 3.84. The molecule has 104 valence electrons. The van der Waals surface area contributed by atoms with Gasteiger partial charge in [0, 0.05) is 18.6 Å². The maximum atomic E-state index is 10.5. The summed E-state index contributed by atoms with van der Waals surface area (Å²) in [7, 11) is 0. The molecule has 0 aliphatic carbocycles. The van der Waals surface area contributed by atoms with Crippen LogP contribution in [0.15, 0.2) is 35.0 Å². The van der Waals surface area contributed by atoms with E-state index in [1.165, 1.54) is 23.0 Å². The van der Waals surface area contributed by atoms with E-state index in [0.717, 1.165) is 5.56 Å². The molecule has 0 N–H and O–H groups in total. The quantitative estimate of drug-likeness (QED) is 0.445. The molecule has 0 fully saturated rings. The SMILES string of the molecule is O=[N+]([O-])[N-]c1c[n+](CCc2ccc([N+](=O)[O-])cc2)no1. The molecule has 1 heterocycles. The maximum Gasteiger partial charge on any atom is 0.269 e. The molecule has 1 aromatic carbocycles. The molecule has 10 heteroatoms. The lowest BCUT2D eigenvalue weighted by atomic mass is 10.1. The Balaban J connectivity index is 1.93. The van der Waals surface area contributed by atoms with Crippen LogP contribution in [0, 0.1) is 20.2 Å². The van der Waals surface area contributed by atoms with Gasteiger partial charge >= 0.3 is 0 Å². The van der Waals surface area contributed by atoms with Crippen LogP contribution in [0.3, 0.4) is 0 Å². The van der Waals surface area contributed by atoms with Gasteiger partial charge < -0.3 is 9.95 Å². The summed E-state index contributed by atoms with van der Waals surface area (Å²) < 4.78 is 5.99. The number of aromatic nitrogens is 2. The van der Waals surface area contributed by atoms with E-state index in [4.69, 9.17) is 0 Å². The minimum atomic E-state index is -0.874. The number of hydrogen-bond donors (Lipinski definition) is 0. The summed E-state index contributed by atoms with van der Waals surface area (Å²) in [5.41, 5.74) is 3.86. The second kappa shape index (κ2) is 5.73. The van der Waals surface area contributed by atoms with Crippen LogP contribution in [-0.4, -0.2) is 15.2 Å². The number of nitrogens with zero attached hydrogens (tertiary/aromatic N) is 5. The van der Waals surface area contributed by atoms with Crippen LogP contribution >= 0.6 is 0 Å². The van der Waals surface area contributed by atoms with Crippen molar-refractivity contribution in [1.29, 1.82) is 0 Å². The fraction of sp³-hybridized carbons (Fsp3) is 0.200. The molecule has 0 bridgehead atoms. The summed E-state index contributed by atoms with van der Waals surface area (Å²) in [6.45, 7) is 0.411. The van der Waals surface area contributed by atoms with Crippen LogP contribution < -0.4 is 4.68 Å². The summed E-state index contributed by atoms with van der Waals surface area (Å²) in [5.74, 6) is -0.196. The number of nitro groups is 2. The molecule has 0 amide bonds. The maximum absolute atomic E-state index is 10.5. The van der Waals surface area contributed by atoms with Crippen molar-refractivity contribution in [1.82, 2.24) is 5.27 Å². The Hall–Kier alpha value is -3.04. The van der Waals surface area contributed by atoms with Crippen molar-refractivity contribution in [2.75, 3.05) is 0 Å². The highest BCUT2D eigenvalue weighted by Crippen LogP contribution is 2.14. The van der Waals surface area contributed by atoms with Crippen LogP contribution in [0.25, 0.3) is 5.43 Å². The minimum Gasteiger partial charge on any atom is -0.320 e. The van der Waals surface area contributed by atoms with Gasteiger partial charge in [-0.05, 0) is 10.6 Å². The average Bonchev–Trinajstić information content (AvgIpc) is 2.83. The number of rotatable bonds is 6. The molecule has 0 saturated carbocycles. The second-order valence-electron chi connectivity index (χ2n) is 3.81. The zero-order chi connectivity index (χ0) is 14.5. The molecular formula is C10H9N5O5. The molecule has 20 heavy (non-hydrogen) atoms. The highest BCUT2D eigenvalue weighted by atomic mass is 16.7. The van der Waals surface area contributed by atoms with Gasteiger partial charge in [0.1, 0.15) is 0 Å². The van der Waals surface area contributed by atoms with Gasteiger partial charge in [-0.3, -0.25) is 20.2 Å². The van der Waals surface area contributed by atoms with Gasteiger partial charge in [-0.15, -0.1) is 0 Å². The fourth-order valence-corrected chi connectivity index (χ4v) is 1.53. The van der Waals surface area contributed by atoms with Gasteiger partial charge in [-0.1, -0.05) is 16.8 Å². The Bertz CT molecular complexity index is 623. The molecule has 0 saturated heterocycles. The van der Waals surface area contributed by atoms with Crippen molar-refractivity contribution in [2.24, 2.45) is 0 Å². The molecule has 1 aromatic heterocycles. The molecule has 0 unspecified atom stereocenters. The Morgan fingerprint density at radius 2 is 1.95 bits per heavy atom. The minimum absolute atomic E-state index is 0.0231. The average molecular weight is 279 g/mol. The molecular weight excluding hydrogens is 270 g/mol. The van der Waals surface area contributed by atoms with Gasteiger partial charge in [0.15, 0.2) is 17.7 Å². The first-order valence-electron chi connectivity index (χ1n) is 5.50. The smallest absolute Gasteiger partial charge is 0.269 e. The van der Waals surface area contributed by atoms with Crippen molar-refractivity contribution in [3.8, 4) is 0 Å². The fourth-order valence-electron chi connectivity index (χ4n) is 1.53. The van der Waals surface area contributed by atoms with Gasteiger partial charge in [0.05, 0.1) is 4.92 Å². The van der Waals surface area contributed by atoms with E-state index >= 15 is 0 Å². The standard InChI is InChI=1S/C10H9N5O5/c16-14(17)9-3-1-8(2-4-9)5-6-13-7-10(20-12-13)11-15(18)19/h1-4,7H,5-6H2. The number of nitro benzene ring substituents is 1. The highest BCUT2D eigenvalue weighted by Gasteiger charge is 2.09. The van der Waals surface area contributed by atoms with Gasteiger partial charge in [-0.25, -0.2) is 0 Å². The molecule has 2 aromatic rings. The molecule has 0 radical (unpaired) electrons. The lowest BCUT2D eigenvalue weighted by Gasteiger charge is -1.98. The molecule has 2 rings (SSSR count). The predicted molar refractivity (Wildman–Crippen MR) is 63.5 cm³/mol. The summed E-state index contributed by atoms with van der Waals surface area (Å²) in [5, 5.41) is 23.3. The lowest BCUT2D eigenvalue weighted by molar-refractivity contribution is -0.761. The first-order chi connectivity index (χ1) is 9.54. The van der Waals surface area contributed by atoms with Crippen LogP contribution in [0.4, 0.5) is 11.6 Å². The third-order valence-electron chi connectivity index (χ3n) is 2.46. The zero-order valence-corrected chi connectivity index (χ0v) is 10.1. The third kappa shape index (κ3) is 3.48. The van der Waals surface area contributed by atoms with Gasteiger partial charge in [-0.2, -0.15) is 0 Å². The van der Waals surface area contributed by atoms with Crippen LogP contribution in [-0.2, 0) is 13.0 Å². The number of hydrogen-bond acceptors (Lipinski definition) is 6. The molecule has 0 atom stereocenters.